The van der Waals surface area contributed by atoms with Crippen LogP contribution in [0.4, 0.5) is 5.13 Å². The van der Waals surface area contributed by atoms with Crippen LogP contribution in [0.25, 0.3) is 0 Å². The quantitative estimate of drug-likeness (QED) is 0.256. The number of carbonyl (C=O) groups is 1. The summed E-state index contributed by atoms with van der Waals surface area (Å²) in [6, 6.07) is 30.2. The highest BCUT2D eigenvalue weighted by Gasteiger charge is 2.37. The predicted octanol–water partition coefficient (Wildman–Crippen LogP) is 3.65. The maximum absolute atomic E-state index is 11.5. The number of aliphatic carboxylic acids is 1. The molecule has 0 aliphatic rings. The average Bonchev–Trinajstić information content (AvgIpc) is 3.30. The Morgan fingerprint density at radius 2 is 1.38 bits per heavy atom. The van der Waals surface area contributed by atoms with Crippen LogP contribution in [0.2, 0.25) is 0 Å². The zero-order valence-corrected chi connectivity index (χ0v) is 18.1. The Morgan fingerprint density at radius 3 is 1.78 bits per heavy atom. The van der Waals surface area contributed by atoms with Gasteiger partial charge in [-0.3, -0.25) is 0 Å². The molecule has 0 radical (unpaired) electrons. The Kier molecular flexibility index (Phi) is 6.28. The van der Waals surface area contributed by atoms with Crippen molar-refractivity contribution in [2.24, 2.45) is 5.16 Å². The van der Waals surface area contributed by atoms with Gasteiger partial charge in [-0.15, -0.1) is 11.3 Å². The summed E-state index contributed by atoms with van der Waals surface area (Å²) in [5.41, 5.74) is 2.09. The Morgan fingerprint density at radius 1 is 0.906 bits per heavy atom. The largest absolute Gasteiger partial charge is 0.543 e. The van der Waals surface area contributed by atoms with Gasteiger partial charge < -0.3 is 20.1 Å². The summed E-state index contributed by atoms with van der Waals surface area (Å²) in [5.74, 6) is -1.45. The Hall–Kier alpha value is -3.97. The third-order valence-corrected chi connectivity index (χ3v) is 5.80. The Bertz CT molecular complexity index is 1110. The highest BCUT2D eigenvalue weighted by Crippen LogP contribution is 2.40. The number of hydrogen-bond acceptors (Lipinski definition) is 7. The first kappa shape index (κ1) is 21.3. The number of carbonyl (C=O) groups excluding carboxylic acids is 1. The lowest BCUT2D eigenvalue weighted by molar-refractivity contribution is -0.294. The summed E-state index contributed by atoms with van der Waals surface area (Å²) in [7, 11) is 1.28. The summed E-state index contributed by atoms with van der Waals surface area (Å²) >= 11 is 1.28. The molecule has 0 spiro atoms. The molecule has 0 saturated carbocycles. The van der Waals surface area contributed by atoms with E-state index in [4.69, 9.17) is 0 Å². The van der Waals surface area contributed by atoms with E-state index in [1.54, 1.807) is 5.38 Å². The molecule has 0 saturated heterocycles. The fourth-order valence-corrected chi connectivity index (χ4v) is 4.41. The number of nitrogens with one attached hydrogen (secondary N) is 1. The molecule has 6 nitrogen and oxygen atoms in total. The van der Waals surface area contributed by atoms with Gasteiger partial charge in [0, 0.05) is 5.38 Å². The van der Waals surface area contributed by atoms with Crippen LogP contribution in [-0.2, 0) is 15.2 Å². The molecule has 0 bridgehead atoms. The minimum Gasteiger partial charge on any atom is -0.543 e. The molecule has 0 aliphatic carbocycles. The summed E-state index contributed by atoms with van der Waals surface area (Å²) in [5, 5.41) is 20.8. The van der Waals surface area contributed by atoms with Crippen LogP contribution in [0.1, 0.15) is 22.4 Å². The lowest BCUT2D eigenvalue weighted by Gasteiger charge is -2.36. The number of nitrogens with zero attached hydrogens (tertiary/aromatic N) is 2. The molecule has 0 fully saturated rings. The first-order valence-corrected chi connectivity index (χ1v) is 10.8. The van der Waals surface area contributed by atoms with Crippen LogP contribution >= 0.6 is 11.3 Å². The van der Waals surface area contributed by atoms with Gasteiger partial charge in [-0.05, 0) is 16.7 Å². The van der Waals surface area contributed by atoms with E-state index >= 15 is 0 Å². The van der Waals surface area contributed by atoms with Gasteiger partial charge in [0.25, 0.3) is 0 Å². The molecular formula is C25H20N3O3S-. The molecule has 1 aromatic heterocycles. The van der Waals surface area contributed by atoms with Crippen molar-refractivity contribution in [2.75, 3.05) is 12.4 Å². The van der Waals surface area contributed by atoms with Crippen LogP contribution in [0, 0.1) is 0 Å². The highest BCUT2D eigenvalue weighted by molar-refractivity contribution is 7.14. The van der Waals surface area contributed by atoms with E-state index in [2.05, 4.69) is 56.7 Å². The molecule has 3 aromatic carbocycles. The number of rotatable bonds is 8. The van der Waals surface area contributed by atoms with Gasteiger partial charge >= 0.3 is 0 Å². The van der Waals surface area contributed by atoms with E-state index < -0.39 is 11.5 Å². The van der Waals surface area contributed by atoms with Crippen molar-refractivity contribution in [1.29, 1.82) is 0 Å². The summed E-state index contributed by atoms with van der Waals surface area (Å²) in [6.45, 7) is 0. The van der Waals surface area contributed by atoms with Crippen molar-refractivity contribution in [3.8, 4) is 0 Å². The SMILES string of the molecule is CO/N=C(\C(=O)[O-])c1csc(NC(c2ccccc2)(c2ccccc2)c2ccccc2)n1. The lowest BCUT2D eigenvalue weighted by Crippen LogP contribution is -2.38. The summed E-state index contributed by atoms with van der Waals surface area (Å²) in [6.07, 6.45) is 0. The molecule has 7 heteroatoms. The molecule has 0 atom stereocenters. The van der Waals surface area contributed by atoms with Crippen molar-refractivity contribution in [2.45, 2.75) is 5.54 Å². The van der Waals surface area contributed by atoms with Gasteiger partial charge in [-0.2, -0.15) is 0 Å². The molecule has 0 amide bonds. The van der Waals surface area contributed by atoms with Gasteiger partial charge in [0.15, 0.2) is 10.8 Å². The van der Waals surface area contributed by atoms with Crippen molar-refractivity contribution in [3.05, 3.63) is 119 Å². The molecular weight excluding hydrogens is 422 g/mol. The summed E-state index contributed by atoms with van der Waals surface area (Å²) in [4.78, 5) is 20.6. The molecule has 1 N–H and O–H groups in total. The van der Waals surface area contributed by atoms with Gasteiger partial charge in [0.05, 0.1) is 5.97 Å². The fraction of sp³-hybridized carbons (Fsp3) is 0.0800. The summed E-state index contributed by atoms with van der Waals surface area (Å²) < 4.78 is 0. The second-order valence-electron chi connectivity index (χ2n) is 6.92. The van der Waals surface area contributed by atoms with Crippen molar-refractivity contribution in [3.63, 3.8) is 0 Å². The minimum atomic E-state index is -1.45. The first-order chi connectivity index (χ1) is 15.6. The van der Waals surface area contributed by atoms with Crippen molar-refractivity contribution >= 4 is 28.1 Å². The minimum absolute atomic E-state index is 0.169. The van der Waals surface area contributed by atoms with E-state index in [1.165, 1.54) is 18.4 Å². The maximum Gasteiger partial charge on any atom is 0.184 e. The second kappa shape index (κ2) is 9.45. The van der Waals surface area contributed by atoms with Gasteiger partial charge in [-0.25, -0.2) is 4.98 Å². The third kappa shape index (κ3) is 4.10. The molecule has 4 rings (SSSR count). The second-order valence-corrected chi connectivity index (χ2v) is 7.78. The van der Waals surface area contributed by atoms with E-state index in [0.717, 1.165) is 16.7 Å². The zero-order chi connectivity index (χ0) is 22.4. The average molecular weight is 443 g/mol. The third-order valence-electron chi connectivity index (χ3n) is 5.04. The number of aromatic nitrogens is 1. The fourth-order valence-electron chi connectivity index (χ4n) is 3.66. The number of oxime groups is 1. The van der Waals surface area contributed by atoms with Crippen LogP contribution in [0.3, 0.4) is 0 Å². The number of hydrogen-bond donors (Lipinski definition) is 1. The maximum atomic E-state index is 11.5. The van der Waals surface area contributed by atoms with Crippen LogP contribution < -0.4 is 10.4 Å². The number of carboxylic acid groups (broad SMARTS) is 1. The monoisotopic (exact) mass is 442 g/mol. The first-order valence-electron chi connectivity index (χ1n) is 9.88. The molecule has 4 aromatic rings. The smallest absolute Gasteiger partial charge is 0.184 e. The Balaban J connectivity index is 1.90. The van der Waals surface area contributed by atoms with Crippen LogP contribution in [0.5, 0.6) is 0 Å². The predicted molar refractivity (Wildman–Crippen MR) is 123 cm³/mol. The van der Waals surface area contributed by atoms with Gasteiger partial charge in [-0.1, -0.05) is 96.2 Å². The zero-order valence-electron chi connectivity index (χ0n) is 17.3. The normalized spacial score (nSPS) is 11.7. The van der Waals surface area contributed by atoms with E-state index in [1.807, 2.05) is 54.6 Å². The number of carboxylic acids is 1. The lowest BCUT2D eigenvalue weighted by atomic mass is 9.77. The van der Waals surface area contributed by atoms with Gasteiger partial charge in [0.2, 0.25) is 0 Å². The molecule has 160 valence electrons. The van der Waals surface area contributed by atoms with Crippen molar-refractivity contribution in [1.82, 2.24) is 4.98 Å². The number of anilines is 1. The number of benzene rings is 3. The molecule has 0 unspecified atom stereocenters. The van der Waals surface area contributed by atoms with E-state index in [-0.39, 0.29) is 11.4 Å². The molecule has 1 heterocycles. The van der Waals surface area contributed by atoms with E-state index in [0.29, 0.717) is 5.13 Å². The van der Waals surface area contributed by atoms with Gasteiger partial charge in [0.1, 0.15) is 18.3 Å². The number of thiazole rings is 1. The highest BCUT2D eigenvalue weighted by atomic mass is 32.1. The molecule has 32 heavy (non-hydrogen) atoms. The van der Waals surface area contributed by atoms with Crippen LogP contribution in [0.15, 0.2) is 102 Å². The van der Waals surface area contributed by atoms with Crippen LogP contribution in [-0.4, -0.2) is 23.8 Å². The standard InChI is InChI=1S/C25H21N3O3S/c1-31-28-22(23(29)30)21-17-32-24(26-21)27-25(18-11-5-2-6-12-18,19-13-7-3-8-14-19)20-15-9-4-10-16-20/h2-17H,1H3,(H,26,27)(H,29,30)/p-1/b28-22-. The molecule has 0 aliphatic heterocycles. The Labute approximate surface area is 189 Å². The topological polar surface area (TPSA) is 86.6 Å². The van der Waals surface area contributed by atoms with E-state index in [9.17, 15) is 9.90 Å². The van der Waals surface area contributed by atoms with Crippen molar-refractivity contribution < 1.29 is 14.7 Å².